The largest absolute Gasteiger partial charge is 0.481 e. The van der Waals surface area contributed by atoms with E-state index in [1.54, 1.807) is 97.3 Å². The fourth-order valence-corrected chi connectivity index (χ4v) is 5.43. The first-order valence-electron chi connectivity index (χ1n) is 18.3. The van der Waals surface area contributed by atoms with Crippen LogP contribution in [0.3, 0.4) is 0 Å². The van der Waals surface area contributed by atoms with Gasteiger partial charge in [-0.25, -0.2) is 14.4 Å². The number of carbonyl (C=O) groups is 5. The van der Waals surface area contributed by atoms with Crippen LogP contribution in [0.1, 0.15) is 56.7 Å². The maximum Gasteiger partial charge on any atom is 0.352 e. The van der Waals surface area contributed by atoms with Crippen LogP contribution in [-0.2, 0) is 43.0 Å². The number of aliphatic hydroxyl groups is 1. The molecular weight excluding hydrogens is 826 g/mol. The highest BCUT2D eigenvalue weighted by molar-refractivity contribution is 5.86. The van der Waals surface area contributed by atoms with Gasteiger partial charge in [0, 0.05) is 18.5 Å². The van der Waals surface area contributed by atoms with Crippen LogP contribution < -0.4 is 11.2 Å². The van der Waals surface area contributed by atoms with Crippen molar-refractivity contribution in [3.8, 4) is 0 Å². The molecule has 17 heteroatoms. The van der Waals surface area contributed by atoms with E-state index in [0.717, 1.165) is 35.6 Å². The normalized spacial score (nSPS) is 11.5. The number of nitrogens with zero attached hydrogens (tertiary/aromatic N) is 1. The number of benzene rings is 4. The van der Waals surface area contributed by atoms with Gasteiger partial charge in [0.1, 0.15) is 5.69 Å². The van der Waals surface area contributed by atoms with Gasteiger partial charge in [0.15, 0.2) is 0 Å². The number of hydrogen-bond donors (Lipinski definition) is 8. The van der Waals surface area contributed by atoms with Crippen molar-refractivity contribution in [2.24, 2.45) is 0 Å². The van der Waals surface area contributed by atoms with Crippen LogP contribution in [0.4, 0.5) is 0 Å². The average Bonchev–Trinajstić information content (AvgIpc) is 4.05. The Labute approximate surface area is 360 Å². The Balaban J connectivity index is 0.000000270. The van der Waals surface area contributed by atoms with Crippen LogP contribution in [0.25, 0.3) is 0 Å². The van der Waals surface area contributed by atoms with Crippen molar-refractivity contribution < 1.29 is 54.6 Å². The molecule has 0 spiro atoms. The van der Waals surface area contributed by atoms with Gasteiger partial charge in [-0.1, -0.05) is 121 Å². The van der Waals surface area contributed by atoms with E-state index in [9.17, 15) is 43.8 Å². The minimum Gasteiger partial charge on any atom is -0.481 e. The Kier molecular flexibility index (Phi) is 19.9. The van der Waals surface area contributed by atoms with Crippen molar-refractivity contribution in [3.63, 3.8) is 0 Å². The smallest absolute Gasteiger partial charge is 0.352 e. The zero-order valence-corrected chi connectivity index (χ0v) is 33.9. The number of carboxylic acid groups (broad SMARTS) is 5. The summed E-state index contributed by atoms with van der Waals surface area (Å²) in [7, 11) is 0. The molecule has 2 heterocycles. The lowest BCUT2D eigenvalue weighted by Crippen LogP contribution is -2.36. The summed E-state index contributed by atoms with van der Waals surface area (Å²) >= 11 is 0. The van der Waals surface area contributed by atoms with Gasteiger partial charge < -0.3 is 35.6 Å². The molecule has 1 saturated carbocycles. The number of aromatic amines is 2. The number of nitrogens with one attached hydrogen (secondary N) is 2. The second-order valence-electron chi connectivity index (χ2n) is 13.3. The summed E-state index contributed by atoms with van der Waals surface area (Å²) < 4.78 is 0. The molecule has 1 aliphatic rings. The van der Waals surface area contributed by atoms with Crippen molar-refractivity contribution in [2.75, 3.05) is 0 Å². The Bertz CT molecular complexity index is 2360. The second kappa shape index (κ2) is 24.4. The van der Waals surface area contributed by atoms with E-state index < -0.39 is 57.8 Å². The fraction of sp³-hybridized carbons (Fsp3) is 0.156. The standard InChI is InChI=1S/C14H12O3.C11H12O2.C8H8O2.C7H7NO2.C5H4N2O4.ClH/c15-13(16)14(17,11-7-3-1-4-8-11)12-9-5-2-6-10-12;1-8-2-4-9(5-3-8)11(6-7-11)10(12)13;9-8(10)6-7-4-2-1-3-5-7;9-7(10)5-6-1-3-8-4-2-6;8-3-1-2(4(9)10)6-5(11)7-3;/h1-10,17H,(H,15,16);2-5H,6-7H2,1H3,(H,12,13);1-5H,6H2,(H,9,10);1-4H,5H2,(H,9,10);1H,(H,9,10)(H2,6,7,8,11);1H. The molecule has 16 nitrogen and oxygen atoms in total. The molecule has 0 aliphatic heterocycles. The number of hydrogen-bond acceptors (Lipinski definition) is 9. The van der Waals surface area contributed by atoms with Gasteiger partial charge in [-0.05, 0) is 59.7 Å². The maximum atomic E-state index is 11.4. The number of rotatable bonds is 10. The molecule has 1 fully saturated rings. The lowest BCUT2D eigenvalue weighted by atomic mass is 9.86. The number of halogens is 1. The number of H-pyrrole nitrogens is 2. The van der Waals surface area contributed by atoms with E-state index >= 15 is 0 Å². The third-order valence-corrected chi connectivity index (χ3v) is 8.75. The molecule has 2 aromatic heterocycles. The zero-order chi connectivity index (χ0) is 45.0. The quantitative estimate of drug-likeness (QED) is 0.0865. The van der Waals surface area contributed by atoms with Crippen LogP contribution in [0.2, 0.25) is 0 Å². The average molecular weight is 870 g/mol. The Morgan fingerprint density at radius 2 is 1.06 bits per heavy atom. The molecule has 8 N–H and O–H groups in total. The van der Waals surface area contributed by atoms with Gasteiger partial charge in [0.2, 0.25) is 5.60 Å². The molecule has 1 aliphatic carbocycles. The molecule has 7 rings (SSSR count). The molecular formula is C45H44ClN3O13. The zero-order valence-electron chi connectivity index (χ0n) is 33.1. The predicted octanol–water partition coefficient (Wildman–Crippen LogP) is 5.32. The summed E-state index contributed by atoms with van der Waals surface area (Å²) in [4.78, 5) is 81.3. The number of pyridine rings is 1. The third-order valence-electron chi connectivity index (χ3n) is 8.75. The summed E-state index contributed by atoms with van der Waals surface area (Å²) in [6.45, 7) is 2.00. The summed E-state index contributed by atoms with van der Waals surface area (Å²) in [5.41, 5.74) is -0.0822. The summed E-state index contributed by atoms with van der Waals surface area (Å²) in [6, 6.07) is 37.8. The molecule has 0 bridgehead atoms. The van der Waals surface area contributed by atoms with Crippen molar-refractivity contribution >= 4 is 42.3 Å². The molecule has 62 heavy (non-hydrogen) atoms. The van der Waals surface area contributed by atoms with Gasteiger partial charge in [-0.2, -0.15) is 0 Å². The van der Waals surface area contributed by atoms with Crippen molar-refractivity contribution in [1.29, 1.82) is 0 Å². The van der Waals surface area contributed by atoms with Crippen LogP contribution in [0.15, 0.2) is 155 Å². The van der Waals surface area contributed by atoms with Crippen LogP contribution >= 0.6 is 12.4 Å². The van der Waals surface area contributed by atoms with Crippen molar-refractivity contribution in [3.05, 3.63) is 206 Å². The summed E-state index contributed by atoms with van der Waals surface area (Å²) in [5.74, 6) is -4.91. The Morgan fingerprint density at radius 1 is 0.629 bits per heavy atom. The molecule has 324 valence electrons. The number of aromatic nitrogens is 3. The predicted molar refractivity (Wildman–Crippen MR) is 228 cm³/mol. The molecule has 4 aromatic carbocycles. The minimum absolute atomic E-state index is 0. The first-order valence-corrected chi connectivity index (χ1v) is 18.3. The number of carboxylic acids is 5. The monoisotopic (exact) mass is 869 g/mol. The van der Waals surface area contributed by atoms with Gasteiger partial charge in [-0.3, -0.25) is 29.1 Å². The van der Waals surface area contributed by atoms with Crippen LogP contribution in [0, 0.1) is 6.92 Å². The number of aliphatic carboxylic acids is 4. The topological polar surface area (TPSA) is 285 Å². The summed E-state index contributed by atoms with van der Waals surface area (Å²) in [6.07, 6.45) is 4.91. The van der Waals surface area contributed by atoms with Gasteiger partial charge in [0.05, 0.1) is 18.3 Å². The first-order chi connectivity index (χ1) is 29.0. The highest BCUT2D eigenvalue weighted by atomic mass is 35.5. The summed E-state index contributed by atoms with van der Waals surface area (Å²) in [5, 5.41) is 53.8. The first kappa shape index (κ1) is 50.5. The lowest BCUT2D eigenvalue weighted by Gasteiger charge is -2.24. The lowest BCUT2D eigenvalue weighted by molar-refractivity contribution is -0.155. The SMILES string of the molecule is Cc1ccc(C2(C(=O)O)CC2)cc1.Cl.O=C(O)C(O)(c1ccccc1)c1ccccc1.O=C(O)Cc1ccccc1.O=C(O)Cc1ccncc1.O=C(O)c1cc(=O)[nH]c(=O)[nH]1. The van der Waals surface area contributed by atoms with E-state index in [1.165, 1.54) is 5.56 Å². The van der Waals surface area contributed by atoms with E-state index in [4.69, 9.17) is 20.4 Å². The van der Waals surface area contributed by atoms with E-state index in [2.05, 4.69) is 4.98 Å². The van der Waals surface area contributed by atoms with Crippen LogP contribution in [-0.4, -0.2) is 75.4 Å². The van der Waals surface area contributed by atoms with Crippen LogP contribution in [0.5, 0.6) is 0 Å². The number of aryl methyl sites for hydroxylation is 1. The van der Waals surface area contributed by atoms with Gasteiger partial charge in [-0.15, -0.1) is 12.4 Å². The van der Waals surface area contributed by atoms with Gasteiger partial charge >= 0.3 is 35.5 Å². The molecule has 6 aromatic rings. The maximum absolute atomic E-state index is 11.4. The van der Waals surface area contributed by atoms with Crippen molar-refractivity contribution in [1.82, 2.24) is 15.0 Å². The molecule has 0 atom stereocenters. The van der Waals surface area contributed by atoms with Gasteiger partial charge in [0.25, 0.3) is 5.56 Å². The Hall–Kier alpha value is -7.69. The minimum atomic E-state index is -2.00. The molecule has 0 radical (unpaired) electrons. The fourth-order valence-electron chi connectivity index (χ4n) is 5.43. The number of aromatic carboxylic acids is 1. The third kappa shape index (κ3) is 15.8. The molecule has 0 amide bonds. The van der Waals surface area contributed by atoms with E-state index in [0.29, 0.717) is 11.1 Å². The Morgan fingerprint density at radius 3 is 1.44 bits per heavy atom. The van der Waals surface area contributed by atoms with E-state index in [-0.39, 0.29) is 25.2 Å². The van der Waals surface area contributed by atoms with Crippen molar-refractivity contribution in [2.45, 2.75) is 43.6 Å². The highest BCUT2D eigenvalue weighted by Crippen LogP contribution is 2.48. The highest BCUT2D eigenvalue weighted by Gasteiger charge is 2.51. The molecule has 0 saturated heterocycles. The second-order valence-corrected chi connectivity index (χ2v) is 13.3. The molecule has 0 unspecified atom stereocenters. The van der Waals surface area contributed by atoms with E-state index in [1.807, 2.05) is 59.4 Å².